The molecule has 0 amide bonds. The van der Waals surface area contributed by atoms with Gasteiger partial charge in [0.1, 0.15) is 11.7 Å². The van der Waals surface area contributed by atoms with E-state index in [1.807, 2.05) is 12.1 Å². The number of hydrogen-bond acceptors (Lipinski definition) is 3. The number of hydrogen-bond donors (Lipinski definition) is 0. The molecule has 118 valence electrons. The van der Waals surface area contributed by atoms with Crippen LogP contribution in [0.3, 0.4) is 0 Å². The molecule has 0 saturated carbocycles. The molecule has 24 heavy (non-hydrogen) atoms. The Balaban J connectivity index is 1.94. The third kappa shape index (κ3) is 1.72. The second-order valence-corrected chi connectivity index (χ2v) is 6.42. The number of rotatable bonds is 1. The van der Waals surface area contributed by atoms with Crippen LogP contribution in [0.15, 0.2) is 71.4 Å². The molecule has 4 aromatic rings. The zero-order chi connectivity index (χ0) is 16.3. The first-order chi connectivity index (χ1) is 11.7. The van der Waals surface area contributed by atoms with Crippen LogP contribution in [0.4, 0.5) is 5.69 Å². The normalized spacial score (nSPS) is 17.7. The van der Waals surface area contributed by atoms with Crippen LogP contribution in [0.25, 0.3) is 32.7 Å². The third-order valence-corrected chi connectivity index (χ3v) is 5.08. The van der Waals surface area contributed by atoms with Gasteiger partial charge in [-0.1, -0.05) is 42.5 Å². The van der Waals surface area contributed by atoms with E-state index < -0.39 is 0 Å². The maximum absolute atomic E-state index is 6.29. The van der Waals surface area contributed by atoms with E-state index in [-0.39, 0.29) is 6.17 Å². The molecule has 0 radical (unpaired) electrons. The number of benzene rings is 3. The zero-order valence-corrected chi connectivity index (χ0v) is 13.7. The fraction of sp³-hybridized carbons (Fsp3) is 0.143. The van der Waals surface area contributed by atoms with Crippen LogP contribution < -0.4 is 4.90 Å². The Bertz CT molecular complexity index is 1110. The fourth-order valence-corrected chi connectivity index (χ4v) is 3.65. The van der Waals surface area contributed by atoms with Crippen LogP contribution in [-0.4, -0.2) is 18.1 Å². The van der Waals surface area contributed by atoms with Gasteiger partial charge in [-0.25, -0.2) is 0 Å². The van der Waals surface area contributed by atoms with E-state index in [9.17, 15) is 0 Å². The summed E-state index contributed by atoms with van der Waals surface area (Å²) in [5.74, 6) is 0. The number of anilines is 1. The molecular weight excluding hydrogens is 296 g/mol. The molecule has 3 heteroatoms. The molecule has 0 fully saturated rings. The van der Waals surface area contributed by atoms with Gasteiger partial charge in [0.15, 0.2) is 5.58 Å². The maximum Gasteiger partial charge on any atom is 0.159 e. The van der Waals surface area contributed by atoms with Crippen molar-refractivity contribution < 1.29 is 4.42 Å². The lowest BCUT2D eigenvalue weighted by molar-refractivity contribution is 0.383. The van der Waals surface area contributed by atoms with Gasteiger partial charge in [-0.05, 0) is 29.8 Å². The number of para-hydroxylation sites is 1. The molecule has 0 N–H and O–H groups in total. The van der Waals surface area contributed by atoms with Crippen molar-refractivity contribution in [3.8, 4) is 0 Å². The summed E-state index contributed by atoms with van der Waals surface area (Å²) in [5, 5.41) is 4.86. The highest BCUT2D eigenvalue weighted by Crippen LogP contribution is 2.41. The van der Waals surface area contributed by atoms with Crippen molar-refractivity contribution in [2.45, 2.75) is 13.1 Å². The van der Waals surface area contributed by atoms with Crippen molar-refractivity contribution in [1.29, 1.82) is 0 Å². The molecular formula is C21H18N2O. The second-order valence-electron chi connectivity index (χ2n) is 6.42. The quantitative estimate of drug-likeness (QED) is 0.475. The topological polar surface area (TPSA) is 19.6 Å². The highest BCUT2D eigenvalue weighted by Gasteiger charge is 2.25. The van der Waals surface area contributed by atoms with Gasteiger partial charge in [0.2, 0.25) is 0 Å². The van der Waals surface area contributed by atoms with Gasteiger partial charge in [-0.3, -0.25) is 0 Å². The van der Waals surface area contributed by atoms with E-state index in [1.165, 1.54) is 21.5 Å². The van der Waals surface area contributed by atoms with E-state index >= 15 is 0 Å². The van der Waals surface area contributed by atoms with Gasteiger partial charge in [-0.15, -0.1) is 0 Å². The minimum atomic E-state index is 0.266. The first kappa shape index (κ1) is 13.5. The van der Waals surface area contributed by atoms with Gasteiger partial charge >= 0.3 is 0 Å². The molecule has 5 rings (SSSR count). The average molecular weight is 314 g/mol. The smallest absolute Gasteiger partial charge is 0.159 e. The minimum Gasteiger partial charge on any atom is -0.454 e. The van der Waals surface area contributed by atoms with Crippen molar-refractivity contribution in [2.24, 2.45) is 0 Å². The SMILES string of the molecule is CC1N(C)C=CN1c1cc2ccccc2c2c1oc1ccccc12. The minimum absolute atomic E-state index is 0.266. The van der Waals surface area contributed by atoms with Crippen LogP contribution >= 0.6 is 0 Å². The molecule has 0 bridgehead atoms. The Morgan fingerprint density at radius 3 is 2.46 bits per heavy atom. The van der Waals surface area contributed by atoms with E-state index in [0.29, 0.717) is 0 Å². The molecule has 0 aliphatic carbocycles. The highest BCUT2D eigenvalue weighted by molar-refractivity contribution is 6.22. The molecule has 1 aliphatic rings. The molecule has 1 atom stereocenters. The number of nitrogens with zero attached hydrogens (tertiary/aromatic N) is 2. The van der Waals surface area contributed by atoms with Gasteiger partial charge in [-0.2, -0.15) is 0 Å². The van der Waals surface area contributed by atoms with E-state index in [4.69, 9.17) is 4.42 Å². The summed E-state index contributed by atoms with van der Waals surface area (Å²) in [7, 11) is 2.10. The lowest BCUT2D eigenvalue weighted by Gasteiger charge is -2.27. The van der Waals surface area contributed by atoms with Crippen LogP contribution in [0.5, 0.6) is 0 Å². The van der Waals surface area contributed by atoms with Crippen LogP contribution in [0.1, 0.15) is 6.92 Å². The van der Waals surface area contributed by atoms with Crippen molar-refractivity contribution >= 4 is 38.4 Å². The monoisotopic (exact) mass is 314 g/mol. The first-order valence-electron chi connectivity index (χ1n) is 8.25. The van der Waals surface area contributed by atoms with Gasteiger partial charge < -0.3 is 14.2 Å². The summed E-state index contributed by atoms with van der Waals surface area (Å²) < 4.78 is 6.29. The number of furan rings is 1. The average Bonchev–Trinajstić information content (AvgIpc) is 3.16. The zero-order valence-electron chi connectivity index (χ0n) is 13.7. The molecule has 0 spiro atoms. The number of fused-ring (bicyclic) bond motifs is 5. The molecule has 2 heterocycles. The highest BCUT2D eigenvalue weighted by atomic mass is 16.3. The molecule has 0 saturated heterocycles. The largest absolute Gasteiger partial charge is 0.454 e. The van der Waals surface area contributed by atoms with E-state index in [2.05, 4.69) is 78.6 Å². The summed E-state index contributed by atoms with van der Waals surface area (Å²) in [5.41, 5.74) is 3.02. The van der Waals surface area contributed by atoms with E-state index in [0.717, 1.165) is 16.9 Å². The summed E-state index contributed by atoms with van der Waals surface area (Å²) in [6.07, 6.45) is 4.50. The maximum atomic E-state index is 6.29. The Kier molecular flexibility index (Phi) is 2.69. The second kappa shape index (κ2) is 4.78. The fourth-order valence-electron chi connectivity index (χ4n) is 3.65. The summed E-state index contributed by atoms with van der Waals surface area (Å²) in [6.45, 7) is 2.20. The molecule has 3 aromatic carbocycles. The van der Waals surface area contributed by atoms with Crippen LogP contribution in [0.2, 0.25) is 0 Å². The summed E-state index contributed by atoms with van der Waals surface area (Å²) in [4.78, 5) is 4.47. The lowest BCUT2D eigenvalue weighted by atomic mass is 10.0. The predicted molar refractivity (Wildman–Crippen MR) is 100 cm³/mol. The molecule has 3 nitrogen and oxygen atoms in total. The van der Waals surface area contributed by atoms with Gasteiger partial charge in [0.05, 0.1) is 5.69 Å². The third-order valence-electron chi connectivity index (χ3n) is 5.08. The molecule has 1 aliphatic heterocycles. The van der Waals surface area contributed by atoms with Crippen molar-refractivity contribution in [3.63, 3.8) is 0 Å². The molecule has 1 unspecified atom stereocenters. The Morgan fingerprint density at radius 1 is 0.917 bits per heavy atom. The van der Waals surface area contributed by atoms with Crippen LogP contribution in [-0.2, 0) is 0 Å². The summed E-state index contributed by atoms with van der Waals surface area (Å²) >= 11 is 0. The molecule has 1 aromatic heterocycles. The van der Waals surface area contributed by atoms with Gasteiger partial charge in [0, 0.05) is 30.2 Å². The lowest BCUT2D eigenvalue weighted by Crippen LogP contribution is -2.33. The van der Waals surface area contributed by atoms with Gasteiger partial charge in [0.25, 0.3) is 0 Å². The van der Waals surface area contributed by atoms with Crippen molar-refractivity contribution in [1.82, 2.24) is 4.90 Å². The Morgan fingerprint density at radius 2 is 1.67 bits per heavy atom. The van der Waals surface area contributed by atoms with Crippen molar-refractivity contribution in [2.75, 3.05) is 11.9 Å². The Hall–Kier alpha value is -2.94. The van der Waals surface area contributed by atoms with Crippen molar-refractivity contribution in [3.05, 3.63) is 67.0 Å². The first-order valence-corrected chi connectivity index (χ1v) is 8.25. The van der Waals surface area contributed by atoms with Crippen LogP contribution in [0, 0.1) is 0 Å². The Labute approximate surface area is 140 Å². The standard InChI is InChI=1S/C21H18N2O/c1-14-22(2)11-12-23(14)18-13-15-7-3-4-8-16(15)20-17-9-5-6-10-19(17)24-21(18)20/h3-14H,1-2H3. The predicted octanol–water partition coefficient (Wildman–Crippen LogP) is 5.31. The summed E-state index contributed by atoms with van der Waals surface area (Å²) in [6, 6.07) is 19.1. The van der Waals surface area contributed by atoms with E-state index in [1.54, 1.807) is 0 Å².